The van der Waals surface area contributed by atoms with Crippen LogP contribution in [0.4, 0.5) is 0 Å². The molecule has 1 aliphatic rings. The lowest BCUT2D eigenvalue weighted by molar-refractivity contribution is 0.0391. The fourth-order valence-corrected chi connectivity index (χ4v) is 5.79. The molecule has 4 rings (SSSR count). The Bertz CT molecular complexity index is 1010. The first kappa shape index (κ1) is 18.2. The Morgan fingerprint density at radius 2 is 1.78 bits per heavy atom. The van der Waals surface area contributed by atoms with E-state index < -0.39 is 13.3 Å². The number of hydrogen-bond donors (Lipinski definition) is 0. The van der Waals surface area contributed by atoms with Gasteiger partial charge in [0, 0.05) is 21.9 Å². The van der Waals surface area contributed by atoms with Gasteiger partial charge in [-0.15, -0.1) is 0 Å². The van der Waals surface area contributed by atoms with Gasteiger partial charge in [0.1, 0.15) is 17.5 Å². The Morgan fingerprint density at radius 1 is 1.07 bits per heavy atom. The zero-order chi connectivity index (χ0) is 19.1. The number of fused-ring (bicyclic) bond motifs is 1. The summed E-state index contributed by atoms with van der Waals surface area (Å²) in [6.45, 7) is 4.72. The Kier molecular flexibility index (Phi) is 4.55. The molecule has 6 heteroatoms. The number of aldehydes is 1. The summed E-state index contributed by atoms with van der Waals surface area (Å²) in [5.74, 6) is 0. The topological polar surface area (TPSA) is 65.7 Å². The molecule has 1 aromatic heterocycles. The summed E-state index contributed by atoms with van der Waals surface area (Å²) in [5, 5.41) is 0.737. The zero-order valence-electron chi connectivity index (χ0n) is 15.3. The third-order valence-electron chi connectivity index (χ3n) is 4.76. The maximum atomic E-state index is 13.8. The number of benzene rings is 2. The molecule has 0 radical (unpaired) electrons. The Balaban J connectivity index is 1.87. The second kappa shape index (κ2) is 6.75. The quantitative estimate of drug-likeness (QED) is 0.433. The third-order valence-corrected chi connectivity index (χ3v) is 6.95. The first-order valence-corrected chi connectivity index (χ1v) is 10.4. The summed E-state index contributed by atoms with van der Waals surface area (Å²) in [4.78, 5) is 11.2. The minimum absolute atomic E-state index is 0.196. The molecule has 2 aromatic carbocycles. The first-order valence-electron chi connectivity index (χ1n) is 8.82. The monoisotopic (exact) mass is 384 g/mol. The SMILES string of the molecule is CC1(C)COP(=O)(C(c2ccccc2)c2coc3ccc(C=O)cc23)OC1. The van der Waals surface area contributed by atoms with Crippen LogP contribution in [-0.4, -0.2) is 19.5 Å². The van der Waals surface area contributed by atoms with Gasteiger partial charge in [0.25, 0.3) is 0 Å². The molecule has 1 unspecified atom stereocenters. The van der Waals surface area contributed by atoms with Crippen molar-refractivity contribution in [3.05, 3.63) is 71.5 Å². The molecule has 1 atom stereocenters. The third kappa shape index (κ3) is 3.39. The Morgan fingerprint density at radius 3 is 2.44 bits per heavy atom. The van der Waals surface area contributed by atoms with Gasteiger partial charge in [-0.2, -0.15) is 0 Å². The van der Waals surface area contributed by atoms with Crippen LogP contribution >= 0.6 is 7.60 Å². The predicted octanol–water partition coefficient (Wildman–Crippen LogP) is 5.60. The largest absolute Gasteiger partial charge is 0.464 e. The summed E-state index contributed by atoms with van der Waals surface area (Å²) in [6.07, 6.45) is 2.37. The fraction of sp³-hybridized carbons (Fsp3) is 0.286. The highest BCUT2D eigenvalue weighted by Crippen LogP contribution is 2.67. The number of carbonyl (C=O) groups is 1. The molecule has 0 aliphatic carbocycles. The van der Waals surface area contributed by atoms with Crippen LogP contribution in [0, 0.1) is 5.41 Å². The van der Waals surface area contributed by atoms with E-state index in [1.165, 1.54) is 0 Å². The van der Waals surface area contributed by atoms with Gasteiger partial charge in [0.05, 0.1) is 19.5 Å². The van der Waals surface area contributed by atoms with E-state index in [4.69, 9.17) is 13.5 Å². The van der Waals surface area contributed by atoms with Crippen molar-refractivity contribution in [1.29, 1.82) is 0 Å². The standard InChI is InChI=1S/C21H21O5P/c1-21(2)13-25-27(23,26-14-21)20(16-6-4-3-5-7-16)18-12-24-19-9-8-15(11-22)10-17(18)19/h3-12,20H,13-14H2,1-2H3. The van der Waals surface area contributed by atoms with Gasteiger partial charge in [-0.3, -0.25) is 9.36 Å². The van der Waals surface area contributed by atoms with Crippen LogP contribution in [0.2, 0.25) is 0 Å². The molecule has 0 saturated carbocycles. The second-order valence-corrected chi connectivity index (χ2v) is 9.74. The van der Waals surface area contributed by atoms with Crippen molar-refractivity contribution in [3.8, 4) is 0 Å². The zero-order valence-corrected chi connectivity index (χ0v) is 16.1. The maximum Gasteiger partial charge on any atom is 0.342 e. The van der Waals surface area contributed by atoms with E-state index in [0.717, 1.165) is 17.2 Å². The van der Waals surface area contributed by atoms with E-state index >= 15 is 0 Å². The molecule has 0 N–H and O–H groups in total. The molecule has 5 nitrogen and oxygen atoms in total. The van der Waals surface area contributed by atoms with Crippen LogP contribution < -0.4 is 0 Å². The van der Waals surface area contributed by atoms with Gasteiger partial charge >= 0.3 is 7.60 Å². The van der Waals surface area contributed by atoms with Crippen molar-refractivity contribution in [1.82, 2.24) is 0 Å². The summed E-state index contributed by atoms with van der Waals surface area (Å²) in [5.41, 5.74) is 1.85. The highest BCUT2D eigenvalue weighted by molar-refractivity contribution is 7.54. The fourth-order valence-electron chi connectivity index (χ4n) is 3.28. The summed E-state index contributed by atoms with van der Waals surface area (Å²) in [7, 11) is -3.49. The van der Waals surface area contributed by atoms with Gasteiger partial charge in [-0.1, -0.05) is 44.2 Å². The minimum Gasteiger partial charge on any atom is -0.464 e. The van der Waals surface area contributed by atoms with Gasteiger partial charge in [-0.05, 0) is 23.8 Å². The molecule has 0 amide bonds. The van der Waals surface area contributed by atoms with E-state index in [1.54, 1.807) is 24.5 Å². The molecule has 2 heterocycles. The lowest BCUT2D eigenvalue weighted by atomic mass is 9.97. The predicted molar refractivity (Wildman–Crippen MR) is 103 cm³/mol. The van der Waals surface area contributed by atoms with Gasteiger partial charge in [0.15, 0.2) is 0 Å². The first-order chi connectivity index (χ1) is 12.9. The second-order valence-electron chi connectivity index (χ2n) is 7.63. The lowest BCUT2D eigenvalue weighted by Gasteiger charge is -2.37. The van der Waals surface area contributed by atoms with E-state index in [1.807, 2.05) is 44.2 Å². The highest BCUT2D eigenvalue weighted by atomic mass is 31.2. The van der Waals surface area contributed by atoms with Gasteiger partial charge in [0.2, 0.25) is 0 Å². The van der Waals surface area contributed by atoms with Crippen LogP contribution in [0.25, 0.3) is 11.0 Å². The summed E-state index contributed by atoms with van der Waals surface area (Å²) in [6, 6.07) is 14.7. The van der Waals surface area contributed by atoms with Crippen molar-refractivity contribution in [3.63, 3.8) is 0 Å². The number of carbonyl (C=O) groups excluding carboxylic acids is 1. The highest BCUT2D eigenvalue weighted by Gasteiger charge is 2.45. The van der Waals surface area contributed by atoms with Gasteiger partial charge in [-0.25, -0.2) is 0 Å². The smallest absolute Gasteiger partial charge is 0.342 e. The number of hydrogen-bond acceptors (Lipinski definition) is 5. The molecule has 140 valence electrons. The molecular formula is C21H21O5P. The Hall–Kier alpha value is -2.20. The summed E-state index contributed by atoms with van der Waals surface area (Å²) >= 11 is 0. The van der Waals surface area contributed by atoms with Crippen molar-refractivity contribution in [2.45, 2.75) is 19.5 Å². The van der Waals surface area contributed by atoms with Crippen LogP contribution in [0.3, 0.4) is 0 Å². The van der Waals surface area contributed by atoms with Crippen LogP contribution in [0.15, 0.2) is 59.2 Å². The molecule has 1 saturated heterocycles. The molecular weight excluding hydrogens is 363 g/mol. The number of furan rings is 1. The van der Waals surface area contributed by atoms with Gasteiger partial charge < -0.3 is 13.5 Å². The van der Waals surface area contributed by atoms with Crippen molar-refractivity contribution >= 4 is 24.9 Å². The Labute approximate surface area is 157 Å². The minimum atomic E-state index is -3.49. The maximum absolute atomic E-state index is 13.8. The number of rotatable bonds is 4. The van der Waals surface area contributed by atoms with E-state index in [-0.39, 0.29) is 5.41 Å². The molecule has 1 fully saturated rings. The van der Waals surface area contributed by atoms with Crippen LogP contribution in [-0.2, 0) is 13.6 Å². The molecule has 0 bridgehead atoms. The van der Waals surface area contributed by atoms with E-state index in [0.29, 0.717) is 29.9 Å². The molecule has 1 aliphatic heterocycles. The molecule has 27 heavy (non-hydrogen) atoms. The average molecular weight is 384 g/mol. The average Bonchev–Trinajstić information content (AvgIpc) is 3.08. The summed E-state index contributed by atoms with van der Waals surface area (Å²) < 4.78 is 31.1. The van der Waals surface area contributed by atoms with Crippen molar-refractivity contribution in [2.75, 3.05) is 13.2 Å². The van der Waals surface area contributed by atoms with Crippen molar-refractivity contribution in [2.24, 2.45) is 5.41 Å². The van der Waals surface area contributed by atoms with E-state index in [2.05, 4.69) is 0 Å². The molecule has 3 aromatic rings. The molecule has 0 spiro atoms. The lowest BCUT2D eigenvalue weighted by Crippen LogP contribution is -2.30. The van der Waals surface area contributed by atoms with Crippen LogP contribution in [0.1, 0.15) is 41.0 Å². The van der Waals surface area contributed by atoms with Crippen molar-refractivity contribution < 1.29 is 22.8 Å². The van der Waals surface area contributed by atoms with E-state index in [9.17, 15) is 9.36 Å². The normalized spacial score (nSPS) is 19.6. The van der Waals surface area contributed by atoms with Crippen LogP contribution in [0.5, 0.6) is 0 Å².